The van der Waals surface area contributed by atoms with E-state index in [1.54, 1.807) is 6.92 Å². The van der Waals surface area contributed by atoms with Gasteiger partial charge >= 0.3 is 6.16 Å². The lowest BCUT2D eigenvalue weighted by atomic mass is 10.1. The van der Waals surface area contributed by atoms with Crippen LogP contribution in [0.5, 0.6) is 5.95 Å². The molecule has 0 amide bonds. The fraction of sp³-hybridized carbons (Fsp3) is 0.400. The number of fused-ring (bicyclic) bond motifs is 1. The number of furan rings is 1. The fourth-order valence-corrected chi connectivity index (χ4v) is 1.89. The van der Waals surface area contributed by atoms with Crippen molar-refractivity contribution in [3.8, 4) is 5.95 Å². The zero-order valence-corrected chi connectivity index (χ0v) is 14.8. The van der Waals surface area contributed by atoms with Gasteiger partial charge in [-0.05, 0) is 39.3 Å². The van der Waals surface area contributed by atoms with Gasteiger partial charge in [-0.1, -0.05) is 46.9 Å². The Morgan fingerprint density at radius 1 is 1.18 bits per heavy atom. The molecule has 1 heterocycles. The largest absolute Gasteiger partial charge is 0.516 e. The second kappa shape index (κ2) is 5.84. The molecular formula is C15H15Cl3O4. The van der Waals surface area contributed by atoms with Crippen LogP contribution in [0.4, 0.5) is 4.79 Å². The molecule has 0 atom stereocenters. The van der Waals surface area contributed by atoms with Gasteiger partial charge in [0.25, 0.3) is 5.95 Å². The molecule has 0 fully saturated rings. The molecule has 2 aromatic rings. The SMILES string of the molecule is Cc1ccc2c(C)c(OC(=O)OC(C)(C)C(Cl)(Cl)Cl)oc2c1. The van der Waals surface area contributed by atoms with Crippen LogP contribution in [-0.2, 0) is 4.74 Å². The normalized spacial score (nSPS) is 12.5. The molecule has 0 saturated heterocycles. The predicted molar refractivity (Wildman–Crippen MR) is 87.2 cm³/mol. The van der Waals surface area contributed by atoms with Gasteiger partial charge in [-0.15, -0.1) is 0 Å². The van der Waals surface area contributed by atoms with E-state index in [9.17, 15) is 4.79 Å². The summed E-state index contributed by atoms with van der Waals surface area (Å²) in [5.74, 6) is 0.0608. The highest BCUT2D eigenvalue weighted by Crippen LogP contribution is 2.40. The molecule has 4 nitrogen and oxygen atoms in total. The highest BCUT2D eigenvalue weighted by molar-refractivity contribution is 6.68. The van der Waals surface area contributed by atoms with Gasteiger partial charge in [0.1, 0.15) is 5.58 Å². The van der Waals surface area contributed by atoms with Gasteiger partial charge in [0.05, 0.1) is 0 Å². The number of ether oxygens (including phenoxy) is 2. The number of carbonyl (C=O) groups is 1. The minimum Gasteiger partial charge on any atom is -0.425 e. The molecule has 22 heavy (non-hydrogen) atoms. The maximum atomic E-state index is 11.9. The Bertz CT molecular complexity index is 713. The molecule has 0 radical (unpaired) electrons. The topological polar surface area (TPSA) is 48.7 Å². The van der Waals surface area contributed by atoms with Crippen molar-refractivity contribution in [2.75, 3.05) is 0 Å². The first-order valence-corrected chi connectivity index (χ1v) is 7.62. The number of benzene rings is 1. The van der Waals surface area contributed by atoms with Crippen LogP contribution in [0.15, 0.2) is 22.6 Å². The standard InChI is InChI=1S/C15H15Cl3O4/c1-8-5-6-10-9(2)12(20-11(10)7-8)21-13(19)22-14(3,4)15(16,17)18/h5-7H,1-4H3. The summed E-state index contributed by atoms with van der Waals surface area (Å²) >= 11 is 17.3. The highest BCUT2D eigenvalue weighted by atomic mass is 35.6. The summed E-state index contributed by atoms with van der Waals surface area (Å²) in [6, 6.07) is 5.69. The molecule has 1 aromatic heterocycles. The third kappa shape index (κ3) is 3.45. The minimum atomic E-state index is -1.79. The van der Waals surface area contributed by atoms with Crippen LogP contribution in [-0.4, -0.2) is 15.5 Å². The summed E-state index contributed by atoms with van der Waals surface area (Å²) < 4.78 is 13.9. The molecule has 0 aliphatic heterocycles. The van der Waals surface area contributed by atoms with Crippen LogP contribution in [0.2, 0.25) is 0 Å². The van der Waals surface area contributed by atoms with Crippen molar-refractivity contribution >= 4 is 51.9 Å². The summed E-state index contributed by atoms with van der Waals surface area (Å²) in [5.41, 5.74) is 0.998. The Labute approximate surface area is 143 Å². The van der Waals surface area contributed by atoms with Gasteiger partial charge in [-0.3, -0.25) is 0 Å². The first kappa shape index (κ1) is 17.3. The van der Waals surface area contributed by atoms with E-state index in [-0.39, 0.29) is 5.95 Å². The molecule has 1 aromatic carbocycles. The summed E-state index contributed by atoms with van der Waals surface area (Å²) in [4.78, 5) is 11.9. The van der Waals surface area contributed by atoms with Gasteiger partial charge in [0.15, 0.2) is 5.60 Å². The van der Waals surface area contributed by atoms with Crippen molar-refractivity contribution in [3.63, 3.8) is 0 Å². The zero-order chi connectivity index (χ0) is 16.7. The molecule has 0 N–H and O–H groups in total. The van der Waals surface area contributed by atoms with Crippen molar-refractivity contribution in [3.05, 3.63) is 29.3 Å². The number of alkyl halides is 3. The summed E-state index contributed by atoms with van der Waals surface area (Å²) in [5, 5.41) is 0.856. The third-order valence-electron chi connectivity index (χ3n) is 3.25. The maximum absolute atomic E-state index is 11.9. The average Bonchev–Trinajstić information content (AvgIpc) is 2.63. The van der Waals surface area contributed by atoms with Crippen molar-refractivity contribution in [2.45, 2.75) is 37.1 Å². The van der Waals surface area contributed by atoms with E-state index >= 15 is 0 Å². The number of rotatable bonds is 2. The van der Waals surface area contributed by atoms with Crippen LogP contribution in [0.1, 0.15) is 25.0 Å². The van der Waals surface area contributed by atoms with Crippen molar-refractivity contribution < 1.29 is 18.7 Å². The van der Waals surface area contributed by atoms with E-state index in [2.05, 4.69) is 0 Å². The third-order valence-corrected chi connectivity index (χ3v) is 4.61. The van der Waals surface area contributed by atoms with E-state index in [1.807, 2.05) is 25.1 Å². The number of aryl methyl sites for hydroxylation is 2. The lowest BCUT2D eigenvalue weighted by Gasteiger charge is -2.30. The monoisotopic (exact) mass is 364 g/mol. The second-order valence-electron chi connectivity index (χ2n) is 5.48. The second-order valence-corrected chi connectivity index (χ2v) is 7.76. The van der Waals surface area contributed by atoms with E-state index in [1.165, 1.54) is 13.8 Å². The highest BCUT2D eigenvalue weighted by Gasteiger charge is 2.44. The van der Waals surface area contributed by atoms with Crippen molar-refractivity contribution in [2.24, 2.45) is 0 Å². The molecule has 0 bridgehead atoms. The first-order valence-electron chi connectivity index (χ1n) is 6.48. The quantitative estimate of drug-likeness (QED) is 0.505. The Hall–Kier alpha value is -1.10. The van der Waals surface area contributed by atoms with Crippen LogP contribution >= 0.6 is 34.8 Å². The van der Waals surface area contributed by atoms with Crippen LogP contribution in [0, 0.1) is 13.8 Å². The van der Waals surface area contributed by atoms with E-state index in [4.69, 9.17) is 48.7 Å². The summed E-state index contributed by atoms with van der Waals surface area (Å²) in [6.45, 7) is 6.66. The van der Waals surface area contributed by atoms with Crippen molar-refractivity contribution in [1.82, 2.24) is 0 Å². The van der Waals surface area contributed by atoms with Gasteiger partial charge in [-0.25, -0.2) is 4.79 Å². The molecule has 0 aliphatic rings. The van der Waals surface area contributed by atoms with Crippen LogP contribution in [0.25, 0.3) is 11.0 Å². The number of hydrogen-bond donors (Lipinski definition) is 0. The number of hydrogen-bond acceptors (Lipinski definition) is 4. The molecule has 2 rings (SSSR count). The predicted octanol–water partition coefficient (Wildman–Crippen LogP) is 5.71. The fourth-order valence-electron chi connectivity index (χ4n) is 1.77. The Morgan fingerprint density at radius 3 is 2.41 bits per heavy atom. The number of carbonyl (C=O) groups excluding carboxylic acids is 1. The number of halogens is 3. The Kier molecular flexibility index (Phi) is 4.58. The lowest BCUT2D eigenvalue weighted by Crippen LogP contribution is -2.41. The van der Waals surface area contributed by atoms with Crippen molar-refractivity contribution in [1.29, 1.82) is 0 Å². The van der Waals surface area contributed by atoms with E-state index < -0.39 is 15.5 Å². The summed E-state index contributed by atoms with van der Waals surface area (Å²) in [6.07, 6.45) is -1.00. The molecular weight excluding hydrogens is 351 g/mol. The van der Waals surface area contributed by atoms with Gasteiger partial charge in [-0.2, -0.15) is 0 Å². The Morgan fingerprint density at radius 2 is 1.82 bits per heavy atom. The van der Waals surface area contributed by atoms with E-state index in [0.717, 1.165) is 10.9 Å². The Balaban J connectivity index is 2.21. The maximum Gasteiger partial charge on any atom is 0.516 e. The molecule has 0 unspecified atom stereocenters. The average molecular weight is 366 g/mol. The zero-order valence-electron chi connectivity index (χ0n) is 12.5. The molecule has 0 saturated carbocycles. The molecule has 0 spiro atoms. The molecule has 120 valence electrons. The van der Waals surface area contributed by atoms with E-state index in [0.29, 0.717) is 11.1 Å². The molecule has 7 heteroatoms. The van der Waals surface area contributed by atoms with Gasteiger partial charge < -0.3 is 13.9 Å². The minimum absolute atomic E-state index is 0.0608. The van der Waals surface area contributed by atoms with Crippen LogP contribution in [0.3, 0.4) is 0 Å². The van der Waals surface area contributed by atoms with Gasteiger partial charge in [0, 0.05) is 10.9 Å². The smallest absolute Gasteiger partial charge is 0.425 e. The molecule has 0 aliphatic carbocycles. The first-order chi connectivity index (χ1) is 10.0. The lowest BCUT2D eigenvalue weighted by molar-refractivity contribution is 0.00734. The summed E-state index contributed by atoms with van der Waals surface area (Å²) in [7, 11) is 0. The van der Waals surface area contributed by atoms with Gasteiger partial charge in [0.2, 0.25) is 3.79 Å². The van der Waals surface area contributed by atoms with Crippen LogP contribution < -0.4 is 4.74 Å².